The minimum Gasteiger partial charge on any atom is -0.493 e. The number of nitrogens with two attached hydrogens (primary N) is 1. The van der Waals surface area contributed by atoms with Gasteiger partial charge in [-0.15, -0.1) is 0 Å². The van der Waals surface area contributed by atoms with Gasteiger partial charge < -0.3 is 30.4 Å². The van der Waals surface area contributed by atoms with Gasteiger partial charge in [0, 0.05) is 16.7 Å². The third-order valence-electron chi connectivity index (χ3n) is 7.45. The molecule has 0 bridgehead atoms. The van der Waals surface area contributed by atoms with Gasteiger partial charge in [0.1, 0.15) is 23.5 Å². The predicted molar refractivity (Wildman–Crippen MR) is 141 cm³/mol. The van der Waals surface area contributed by atoms with Crippen molar-refractivity contribution in [2.24, 2.45) is 5.73 Å². The van der Waals surface area contributed by atoms with Crippen LogP contribution in [0.3, 0.4) is 0 Å². The zero-order chi connectivity index (χ0) is 31.3. The number of carbonyl (C=O) groups excluding carboxylic acids is 2. The lowest BCUT2D eigenvalue weighted by molar-refractivity contribution is -0.265. The number of carbonyl (C=O) groups is 2. The predicted octanol–water partition coefficient (Wildman–Crippen LogP) is 3.89. The number of pyridine rings is 1. The summed E-state index contributed by atoms with van der Waals surface area (Å²) in [5.41, 5.74) is -1.80. The number of methoxy groups -OCH3 is 1. The van der Waals surface area contributed by atoms with Gasteiger partial charge in [0.15, 0.2) is 23.1 Å². The molecule has 4 N–H and O–H groups in total. The van der Waals surface area contributed by atoms with E-state index < -0.39 is 58.6 Å². The first-order valence-corrected chi connectivity index (χ1v) is 13.0. The molecular weight excluding hydrogens is 581 g/mol. The van der Waals surface area contributed by atoms with Gasteiger partial charge in [0.2, 0.25) is 11.5 Å². The first kappa shape index (κ1) is 30.0. The lowest BCUT2D eigenvalue weighted by atomic mass is 9.81. The van der Waals surface area contributed by atoms with Crippen LogP contribution in [0.4, 0.5) is 22.0 Å². The molecule has 0 spiro atoms. The standard InChI is InChI=1S/C29H26F5N3O6/c1-27(26(35)39)13-42-24-17(27)11-22(37-23(24)14-3-7-18(30)19(31)9-14)28(40,29(32,33)34)12-36-25(38)15-4-8-20(21(10-15)41-2)43-16-5-6-16/h3-4,7-11,16,40H,5-6,12-13H2,1-2H3,(H2,35,39)(H,36,38)/t27-,28-/m0/s1. The lowest BCUT2D eigenvalue weighted by Gasteiger charge is -2.31. The van der Waals surface area contributed by atoms with Crippen molar-refractivity contribution in [2.75, 3.05) is 20.3 Å². The van der Waals surface area contributed by atoms with Gasteiger partial charge in [-0.05, 0) is 62.2 Å². The fourth-order valence-corrected chi connectivity index (χ4v) is 4.56. The minimum atomic E-state index is -5.42. The number of hydrogen-bond donors (Lipinski definition) is 3. The molecule has 0 radical (unpaired) electrons. The first-order chi connectivity index (χ1) is 20.2. The van der Waals surface area contributed by atoms with Crippen LogP contribution in [0.1, 0.15) is 41.4 Å². The number of benzene rings is 2. The molecule has 228 valence electrons. The molecule has 1 aliphatic heterocycles. The molecule has 43 heavy (non-hydrogen) atoms. The normalized spacial score (nSPS) is 19.2. The number of hydrogen-bond acceptors (Lipinski definition) is 7. The second kappa shape index (κ2) is 10.7. The van der Waals surface area contributed by atoms with Crippen molar-refractivity contribution in [1.82, 2.24) is 10.3 Å². The van der Waals surface area contributed by atoms with Crippen molar-refractivity contribution in [3.63, 3.8) is 0 Å². The summed E-state index contributed by atoms with van der Waals surface area (Å²) < 4.78 is 88.0. The summed E-state index contributed by atoms with van der Waals surface area (Å²) in [6, 6.07) is 7.33. The quantitative estimate of drug-likeness (QED) is 0.315. The molecular formula is C29H26F5N3O6. The Hall–Kier alpha value is -4.46. The second-order valence-electron chi connectivity index (χ2n) is 10.6. The van der Waals surface area contributed by atoms with E-state index in [1.165, 1.54) is 32.2 Å². The van der Waals surface area contributed by atoms with Crippen molar-refractivity contribution in [2.45, 2.75) is 43.1 Å². The molecule has 5 rings (SSSR count). The number of ether oxygens (including phenoxy) is 3. The Bertz CT molecular complexity index is 1610. The maximum absolute atomic E-state index is 14.6. The molecule has 2 heterocycles. The average molecular weight is 608 g/mol. The highest BCUT2D eigenvalue weighted by Gasteiger charge is 2.57. The van der Waals surface area contributed by atoms with E-state index in [2.05, 4.69) is 10.3 Å². The lowest BCUT2D eigenvalue weighted by Crippen LogP contribution is -2.51. The Morgan fingerprint density at radius 1 is 1.12 bits per heavy atom. The smallest absolute Gasteiger partial charge is 0.424 e. The number of alkyl halides is 3. The van der Waals surface area contributed by atoms with Crippen molar-refractivity contribution < 1.29 is 50.9 Å². The number of nitrogens with one attached hydrogen (secondary N) is 1. The van der Waals surface area contributed by atoms with Crippen LogP contribution < -0.4 is 25.3 Å². The van der Waals surface area contributed by atoms with Crippen molar-refractivity contribution >= 4 is 11.8 Å². The number of halogens is 5. The van der Waals surface area contributed by atoms with Crippen molar-refractivity contribution in [3.8, 4) is 28.5 Å². The third-order valence-corrected chi connectivity index (χ3v) is 7.45. The largest absolute Gasteiger partial charge is 0.493 e. The molecule has 1 saturated carbocycles. The molecule has 0 saturated heterocycles. The Labute approximate surface area is 241 Å². The van der Waals surface area contributed by atoms with Crippen LogP contribution >= 0.6 is 0 Å². The van der Waals surface area contributed by atoms with Gasteiger partial charge in [-0.25, -0.2) is 13.8 Å². The Kier molecular flexibility index (Phi) is 7.45. The Morgan fingerprint density at radius 2 is 1.84 bits per heavy atom. The van der Waals surface area contributed by atoms with Crippen LogP contribution in [0, 0.1) is 11.6 Å². The molecule has 1 fully saturated rings. The zero-order valence-corrected chi connectivity index (χ0v) is 22.9. The number of rotatable bonds is 9. The summed E-state index contributed by atoms with van der Waals surface area (Å²) in [6.07, 6.45) is -3.68. The van der Waals surface area contributed by atoms with Gasteiger partial charge in [0.25, 0.3) is 5.91 Å². The SMILES string of the molecule is COc1cc(C(=O)NC[C@](O)(c2cc3c(c(-c4ccc(F)c(F)c4)n2)OC[C@]3(C)C(N)=O)C(F)(F)F)ccc1OC1CC1. The van der Waals surface area contributed by atoms with Crippen LogP contribution in [0.2, 0.25) is 0 Å². The summed E-state index contributed by atoms with van der Waals surface area (Å²) in [4.78, 5) is 29.2. The van der Waals surface area contributed by atoms with E-state index in [1.54, 1.807) is 0 Å². The van der Waals surface area contributed by atoms with E-state index in [0.717, 1.165) is 31.0 Å². The van der Waals surface area contributed by atoms with E-state index in [1.807, 2.05) is 0 Å². The van der Waals surface area contributed by atoms with Crippen LogP contribution in [-0.4, -0.2) is 54.4 Å². The first-order valence-electron chi connectivity index (χ1n) is 13.0. The van der Waals surface area contributed by atoms with E-state index in [0.29, 0.717) is 11.8 Å². The molecule has 0 unspecified atom stereocenters. The average Bonchev–Trinajstić information content (AvgIpc) is 3.72. The topological polar surface area (TPSA) is 133 Å². The Balaban J connectivity index is 1.55. The molecule has 2 atom stereocenters. The summed E-state index contributed by atoms with van der Waals surface area (Å²) in [5, 5.41) is 13.2. The van der Waals surface area contributed by atoms with E-state index >= 15 is 0 Å². The van der Waals surface area contributed by atoms with E-state index in [-0.39, 0.29) is 40.9 Å². The molecule has 2 aliphatic rings. The number of fused-ring (bicyclic) bond motifs is 1. The monoisotopic (exact) mass is 607 g/mol. The minimum absolute atomic E-state index is 0.0216. The zero-order valence-electron chi connectivity index (χ0n) is 22.9. The van der Waals surface area contributed by atoms with E-state index in [9.17, 15) is 36.6 Å². The summed E-state index contributed by atoms with van der Waals surface area (Å²) >= 11 is 0. The number of amides is 2. The molecule has 1 aliphatic carbocycles. The van der Waals surface area contributed by atoms with Gasteiger partial charge in [-0.1, -0.05) is 0 Å². The number of primary amides is 1. The van der Waals surface area contributed by atoms with Gasteiger partial charge in [0.05, 0.1) is 25.5 Å². The maximum Gasteiger partial charge on any atom is 0.424 e. The fraction of sp³-hybridized carbons (Fsp3) is 0.345. The highest BCUT2D eigenvalue weighted by Crippen LogP contribution is 2.48. The second-order valence-corrected chi connectivity index (χ2v) is 10.6. The van der Waals surface area contributed by atoms with Gasteiger partial charge in [-0.3, -0.25) is 9.59 Å². The highest BCUT2D eigenvalue weighted by molar-refractivity contribution is 5.95. The van der Waals surface area contributed by atoms with Crippen LogP contribution in [0.15, 0.2) is 42.5 Å². The number of aromatic nitrogens is 1. The summed E-state index contributed by atoms with van der Waals surface area (Å²) in [5.74, 6) is -4.12. The van der Waals surface area contributed by atoms with Crippen LogP contribution in [0.25, 0.3) is 11.3 Å². The van der Waals surface area contributed by atoms with Gasteiger partial charge >= 0.3 is 6.18 Å². The molecule has 3 aromatic rings. The third kappa shape index (κ3) is 5.42. The molecule has 2 aromatic carbocycles. The molecule has 9 nitrogen and oxygen atoms in total. The van der Waals surface area contributed by atoms with Crippen molar-refractivity contribution in [3.05, 3.63) is 70.9 Å². The number of aliphatic hydroxyl groups is 1. The summed E-state index contributed by atoms with van der Waals surface area (Å²) in [7, 11) is 1.34. The van der Waals surface area contributed by atoms with E-state index in [4.69, 9.17) is 19.9 Å². The highest BCUT2D eigenvalue weighted by atomic mass is 19.4. The fourth-order valence-electron chi connectivity index (χ4n) is 4.56. The molecule has 2 amide bonds. The van der Waals surface area contributed by atoms with Crippen LogP contribution in [0.5, 0.6) is 17.2 Å². The number of nitrogens with zero attached hydrogens (tertiary/aromatic N) is 1. The molecule has 1 aromatic heterocycles. The maximum atomic E-state index is 14.6. The molecule has 14 heteroatoms. The van der Waals surface area contributed by atoms with Crippen LogP contribution in [-0.2, 0) is 15.8 Å². The van der Waals surface area contributed by atoms with Gasteiger partial charge in [-0.2, -0.15) is 13.2 Å². The van der Waals surface area contributed by atoms with Crippen molar-refractivity contribution in [1.29, 1.82) is 0 Å². The Morgan fingerprint density at radius 3 is 2.44 bits per heavy atom. The summed E-state index contributed by atoms with van der Waals surface area (Å²) in [6.45, 7) is -0.476.